The molecule has 2 saturated heterocycles. The molecule has 136 valence electrons. The Morgan fingerprint density at radius 2 is 2.08 bits per heavy atom. The first-order valence-electron chi connectivity index (χ1n) is 9.65. The summed E-state index contributed by atoms with van der Waals surface area (Å²) in [6.07, 6.45) is 9.56. The van der Waals surface area contributed by atoms with Crippen molar-refractivity contribution in [3.8, 4) is 0 Å². The van der Waals surface area contributed by atoms with E-state index in [1.807, 2.05) is 17.0 Å². The molecule has 5 heteroatoms. The van der Waals surface area contributed by atoms with Gasteiger partial charge in [-0.2, -0.15) is 0 Å². The van der Waals surface area contributed by atoms with E-state index in [4.69, 9.17) is 0 Å². The number of rotatable bonds is 6. The Balaban J connectivity index is 1.53. The summed E-state index contributed by atoms with van der Waals surface area (Å²) >= 11 is 0. The van der Waals surface area contributed by atoms with E-state index in [2.05, 4.69) is 16.8 Å². The van der Waals surface area contributed by atoms with Crippen LogP contribution in [-0.4, -0.2) is 52.3 Å². The first-order chi connectivity index (χ1) is 12.2. The van der Waals surface area contributed by atoms with Crippen LogP contribution in [0.2, 0.25) is 0 Å². The summed E-state index contributed by atoms with van der Waals surface area (Å²) in [4.78, 5) is 33.0. The molecule has 3 rings (SSSR count). The number of carbonyl (C=O) groups excluding carboxylic acids is 2. The number of fused-ring (bicyclic) bond motifs is 1. The van der Waals surface area contributed by atoms with Crippen LogP contribution in [0.3, 0.4) is 0 Å². The Hall–Kier alpha value is -1.91. The highest BCUT2D eigenvalue weighted by Crippen LogP contribution is 2.31. The lowest BCUT2D eigenvalue weighted by Gasteiger charge is -2.47. The quantitative estimate of drug-likeness (QED) is 0.798. The zero-order chi connectivity index (χ0) is 17.6. The highest BCUT2D eigenvalue weighted by atomic mass is 16.2. The van der Waals surface area contributed by atoms with Gasteiger partial charge in [-0.3, -0.25) is 14.6 Å². The third kappa shape index (κ3) is 4.39. The third-order valence-electron chi connectivity index (χ3n) is 5.63. The van der Waals surface area contributed by atoms with E-state index in [0.29, 0.717) is 30.7 Å². The maximum absolute atomic E-state index is 12.6. The molecule has 0 spiro atoms. The molecular weight excluding hydrogens is 314 g/mol. The zero-order valence-corrected chi connectivity index (χ0v) is 15.2. The van der Waals surface area contributed by atoms with Crippen LogP contribution in [-0.2, 0) is 16.0 Å². The molecule has 3 heterocycles. The van der Waals surface area contributed by atoms with Crippen LogP contribution in [0.1, 0.15) is 51.0 Å². The molecule has 1 aromatic heterocycles. The summed E-state index contributed by atoms with van der Waals surface area (Å²) < 4.78 is 0. The van der Waals surface area contributed by atoms with Gasteiger partial charge in [-0.25, -0.2) is 0 Å². The molecule has 2 fully saturated rings. The average molecular weight is 343 g/mol. The minimum atomic E-state index is 0.243. The number of hydrogen-bond donors (Lipinski definition) is 0. The van der Waals surface area contributed by atoms with E-state index >= 15 is 0 Å². The molecule has 0 saturated carbocycles. The molecule has 2 amide bonds. The van der Waals surface area contributed by atoms with Gasteiger partial charge in [0.05, 0.1) is 0 Å². The van der Waals surface area contributed by atoms with Crippen molar-refractivity contribution in [2.24, 2.45) is 5.92 Å². The van der Waals surface area contributed by atoms with Crippen LogP contribution < -0.4 is 0 Å². The Kier molecular flexibility index (Phi) is 6.05. The fourth-order valence-corrected chi connectivity index (χ4v) is 4.16. The van der Waals surface area contributed by atoms with Gasteiger partial charge in [0.2, 0.25) is 11.8 Å². The highest BCUT2D eigenvalue weighted by molar-refractivity contribution is 5.78. The molecule has 0 N–H and O–H groups in total. The number of amides is 2. The first kappa shape index (κ1) is 17.9. The molecule has 0 aromatic carbocycles. The lowest BCUT2D eigenvalue weighted by atomic mass is 9.83. The first-order valence-corrected chi connectivity index (χ1v) is 9.65. The predicted octanol–water partition coefficient (Wildman–Crippen LogP) is 2.65. The van der Waals surface area contributed by atoms with Crippen molar-refractivity contribution in [3.63, 3.8) is 0 Å². The number of nitrogens with zero attached hydrogens (tertiary/aromatic N) is 3. The summed E-state index contributed by atoms with van der Waals surface area (Å²) in [5.74, 6) is 1.01. The molecular formula is C20H29N3O2. The van der Waals surface area contributed by atoms with Crippen molar-refractivity contribution >= 4 is 11.8 Å². The number of aryl methyl sites for hydroxylation is 1. The SMILES string of the molecule is CCCCN1C(=O)CC[C@H]2CN(C(=O)CCc3ccncc3)CC[C@H]21. The normalized spacial score (nSPS) is 23.5. The van der Waals surface area contributed by atoms with Crippen molar-refractivity contribution < 1.29 is 9.59 Å². The van der Waals surface area contributed by atoms with Crippen LogP contribution in [0.5, 0.6) is 0 Å². The molecule has 1 aromatic rings. The van der Waals surface area contributed by atoms with Crippen LogP contribution in [0.25, 0.3) is 0 Å². The van der Waals surface area contributed by atoms with E-state index in [9.17, 15) is 9.59 Å². The molecule has 2 atom stereocenters. The molecule has 0 bridgehead atoms. The van der Waals surface area contributed by atoms with Gasteiger partial charge in [0.15, 0.2) is 0 Å². The second-order valence-electron chi connectivity index (χ2n) is 7.29. The van der Waals surface area contributed by atoms with E-state index in [0.717, 1.165) is 57.3 Å². The number of hydrogen-bond acceptors (Lipinski definition) is 3. The van der Waals surface area contributed by atoms with Crippen molar-refractivity contribution in [1.82, 2.24) is 14.8 Å². The maximum atomic E-state index is 12.6. The summed E-state index contributed by atoms with van der Waals surface area (Å²) in [7, 11) is 0. The zero-order valence-electron chi connectivity index (χ0n) is 15.2. The fraction of sp³-hybridized carbons (Fsp3) is 0.650. The standard InChI is InChI=1S/C20H29N3O2/c1-2-3-13-23-18-10-14-22(15-17(18)5-7-20(23)25)19(24)6-4-16-8-11-21-12-9-16/h8-9,11-12,17-18H,2-7,10,13-15H2,1H3/t17-,18+/m0/s1. The van der Waals surface area contributed by atoms with Crippen molar-refractivity contribution in [2.45, 2.75) is 57.9 Å². The van der Waals surface area contributed by atoms with Gasteiger partial charge in [0, 0.05) is 50.9 Å². The smallest absolute Gasteiger partial charge is 0.222 e. The Morgan fingerprint density at radius 3 is 2.84 bits per heavy atom. The van der Waals surface area contributed by atoms with Gasteiger partial charge in [-0.05, 0) is 49.3 Å². The van der Waals surface area contributed by atoms with Gasteiger partial charge in [-0.1, -0.05) is 13.3 Å². The van der Waals surface area contributed by atoms with Crippen LogP contribution in [0, 0.1) is 5.92 Å². The second kappa shape index (κ2) is 8.45. The van der Waals surface area contributed by atoms with Crippen LogP contribution >= 0.6 is 0 Å². The van der Waals surface area contributed by atoms with Crippen LogP contribution in [0.4, 0.5) is 0 Å². The van der Waals surface area contributed by atoms with E-state index < -0.39 is 0 Å². The number of piperidine rings is 2. The molecule has 2 aliphatic heterocycles. The number of pyridine rings is 1. The average Bonchev–Trinajstić information content (AvgIpc) is 2.66. The van der Waals surface area contributed by atoms with Crippen molar-refractivity contribution in [2.75, 3.05) is 19.6 Å². The molecule has 0 aliphatic carbocycles. The van der Waals surface area contributed by atoms with Crippen molar-refractivity contribution in [1.29, 1.82) is 0 Å². The van der Waals surface area contributed by atoms with Crippen molar-refractivity contribution in [3.05, 3.63) is 30.1 Å². The summed E-state index contributed by atoms with van der Waals surface area (Å²) in [5, 5.41) is 0. The summed E-state index contributed by atoms with van der Waals surface area (Å²) in [6.45, 7) is 4.64. The lowest BCUT2D eigenvalue weighted by molar-refractivity contribution is -0.144. The lowest BCUT2D eigenvalue weighted by Crippen LogP contribution is -2.57. The largest absolute Gasteiger partial charge is 0.342 e. The summed E-state index contributed by atoms with van der Waals surface area (Å²) in [5.41, 5.74) is 1.16. The van der Waals surface area contributed by atoms with Gasteiger partial charge in [0.1, 0.15) is 0 Å². The van der Waals surface area contributed by atoms with Crippen LogP contribution in [0.15, 0.2) is 24.5 Å². The van der Waals surface area contributed by atoms with E-state index in [-0.39, 0.29) is 5.91 Å². The highest BCUT2D eigenvalue weighted by Gasteiger charge is 2.39. The van der Waals surface area contributed by atoms with E-state index in [1.165, 1.54) is 0 Å². The molecule has 0 radical (unpaired) electrons. The Morgan fingerprint density at radius 1 is 1.28 bits per heavy atom. The number of aromatic nitrogens is 1. The molecule has 25 heavy (non-hydrogen) atoms. The van der Waals surface area contributed by atoms with Gasteiger partial charge in [-0.15, -0.1) is 0 Å². The van der Waals surface area contributed by atoms with Gasteiger partial charge < -0.3 is 9.80 Å². The minimum absolute atomic E-state index is 0.243. The Labute approximate surface area is 150 Å². The minimum Gasteiger partial charge on any atom is -0.342 e. The molecule has 5 nitrogen and oxygen atoms in total. The van der Waals surface area contributed by atoms with Gasteiger partial charge in [0.25, 0.3) is 0 Å². The predicted molar refractivity (Wildman–Crippen MR) is 96.9 cm³/mol. The number of likely N-dealkylation sites (tertiary alicyclic amines) is 2. The third-order valence-corrected chi connectivity index (χ3v) is 5.63. The molecule has 2 aliphatic rings. The Bertz CT molecular complexity index is 590. The topological polar surface area (TPSA) is 53.5 Å². The summed E-state index contributed by atoms with van der Waals surface area (Å²) in [6, 6.07) is 4.28. The monoisotopic (exact) mass is 343 g/mol. The maximum Gasteiger partial charge on any atom is 0.222 e. The number of carbonyl (C=O) groups is 2. The fourth-order valence-electron chi connectivity index (χ4n) is 4.16. The second-order valence-corrected chi connectivity index (χ2v) is 7.29. The van der Waals surface area contributed by atoms with E-state index in [1.54, 1.807) is 12.4 Å². The molecule has 0 unspecified atom stereocenters. The van der Waals surface area contributed by atoms with Gasteiger partial charge >= 0.3 is 0 Å². The number of unbranched alkanes of at least 4 members (excludes halogenated alkanes) is 1.